The average molecular weight is 406 g/mol. The molecule has 1 aliphatic carbocycles. The zero-order chi connectivity index (χ0) is 20.2. The molecule has 5 nitrogen and oxygen atoms in total. The molecule has 5 aliphatic rings. The molecule has 0 radical (unpaired) electrons. The van der Waals surface area contributed by atoms with Crippen molar-refractivity contribution in [2.24, 2.45) is 11.8 Å². The van der Waals surface area contributed by atoms with Crippen molar-refractivity contribution >= 4 is 11.8 Å². The highest BCUT2D eigenvalue weighted by Gasteiger charge is 2.47. The lowest BCUT2D eigenvalue weighted by atomic mass is 9.68. The zero-order valence-electron chi connectivity index (χ0n) is 17.6. The molecule has 2 amide bonds. The van der Waals surface area contributed by atoms with Gasteiger partial charge in [-0.15, -0.1) is 0 Å². The monoisotopic (exact) mass is 405 g/mol. The van der Waals surface area contributed by atoms with E-state index in [1.807, 2.05) is 24.3 Å². The first-order valence-corrected chi connectivity index (χ1v) is 11.8. The summed E-state index contributed by atoms with van der Waals surface area (Å²) in [7, 11) is 0. The van der Waals surface area contributed by atoms with Gasteiger partial charge in [-0.25, -0.2) is 0 Å². The van der Waals surface area contributed by atoms with Crippen LogP contribution in [-0.4, -0.2) is 64.8 Å². The maximum atomic E-state index is 13.4. The first-order valence-electron chi connectivity index (χ1n) is 11.8. The lowest BCUT2D eigenvalue weighted by Gasteiger charge is -2.54. The van der Waals surface area contributed by atoms with Crippen LogP contribution in [0.25, 0.3) is 0 Å². The van der Waals surface area contributed by atoms with Crippen molar-refractivity contribution < 1.29 is 9.59 Å². The van der Waals surface area contributed by atoms with Crippen LogP contribution in [0.5, 0.6) is 0 Å². The van der Waals surface area contributed by atoms with Gasteiger partial charge in [0.05, 0.1) is 6.04 Å². The van der Waals surface area contributed by atoms with Gasteiger partial charge in [0.15, 0.2) is 0 Å². The van der Waals surface area contributed by atoms with E-state index in [-0.39, 0.29) is 24.4 Å². The minimum Gasteiger partial charge on any atom is -0.334 e. The number of carbonyl (C=O) groups is 2. The Hall–Kier alpha value is -2.14. The van der Waals surface area contributed by atoms with Gasteiger partial charge in [-0.2, -0.15) is 0 Å². The first kappa shape index (κ1) is 18.6. The van der Waals surface area contributed by atoms with E-state index >= 15 is 0 Å². The van der Waals surface area contributed by atoms with Gasteiger partial charge < -0.3 is 9.80 Å². The standard InChI is InChI=1S/C25H31N3O2/c29-23(16-27-14-18-6-1-2-8-21(18)25(27)30)28-11-5-7-17-12-19-13-20(24(17)28)15-26-10-4-3-9-22(19)26/h1-2,6,8,12,19-20,22,24H,3-5,7,9-11,13-16H2/t19-,20+,22+,24-/m1/s1. The van der Waals surface area contributed by atoms with Gasteiger partial charge in [0.25, 0.3) is 5.91 Å². The second kappa shape index (κ2) is 7.23. The minimum absolute atomic E-state index is 0.00394. The second-order valence-electron chi connectivity index (χ2n) is 9.91. The topological polar surface area (TPSA) is 43.9 Å². The van der Waals surface area contributed by atoms with E-state index in [2.05, 4.69) is 15.9 Å². The first-order chi connectivity index (χ1) is 14.7. The molecule has 158 valence electrons. The summed E-state index contributed by atoms with van der Waals surface area (Å²) in [6.07, 6.45) is 10.0. The van der Waals surface area contributed by atoms with Crippen molar-refractivity contribution in [3.8, 4) is 0 Å². The molecule has 0 spiro atoms. The molecule has 0 aromatic heterocycles. The Morgan fingerprint density at radius 2 is 2.00 bits per heavy atom. The van der Waals surface area contributed by atoms with Crippen LogP contribution in [0.4, 0.5) is 0 Å². The predicted molar refractivity (Wildman–Crippen MR) is 115 cm³/mol. The zero-order valence-corrected chi connectivity index (χ0v) is 17.6. The Morgan fingerprint density at radius 3 is 2.90 bits per heavy atom. The summed E-state index contributed by atoms with van der Waals surface area (Å²) in [4.78, 5) is 32.8. The Labute approximate surface area is 178 Å². The summed E-state index contributed by atoms with van der Waals surface area (Å²) >= 11 is 0. The van der Waals surface area contributed by atoms with Gasteiger partial charge in [-0.3, -0.25) is 14.5 Å². The van der Waals surface area contributed by atoms with E-state index in [0.717, 1.165) is 43.1 Å². The molecule has 1 aromatic rings. The Balaban J connectivity index is 1.22. The fourth-order valence-electron chi connectivity index (χ4n) is 6.95. The van der Waals surface area contributed by atoms with Crippen LogP contribution in [0.2, 0.25) is 0 Å². The highest BCUT2D eigenvalue weighted by atomic mass is 16.2. The van der Waals surface area contributed by atoms with Crippen molar-refractivity contribution in [1.29, 1.82) is 0 Å². The SMILES string of the molecule is O=C1c2ccccc2CN1CC(=O)N1CCCC2=C[C@@H]3C[C@@H](CN4CCCC[C@@H]34)[C@@H]21. The van der Waals surface area contributed by atoms with Crippen LogP contribution in [0.1, 0.15) is 54.4 Å². The molecule has 4 atom stereocenters. The minimum atomic E-state index is 0.00394. The summed E-state index contributed by atoms with van der Waals surface area (Å²) < 4.78 is 0. The van der Waals surface area contributed by atoms with Crippen molar-refractivity contribution in [3.63, 3.8) is 0 Å². The van der Waals surface area contributed by atoms with Crippen molar-refractivity contribution in [2.75, 3.05) is 26.2 Å². The van der Waals surface area contributed by atoms with Gasteiger partial charge in [0.2, 0.25) is 5.91 Å². The van der Waals surface area contributed by atoms with E-state index in [1.54, 1.807) is 4.90 Å². The summed E-state index contributed by atoms with van der Waals surface area (Å²) in [5, 5.41) is 0. The van der Waals surface area contributed by atoms with Crippen molar-refractivity contribution in [1.82, 2.24) is 14.7 Å². The Kier molecular flexibility index (Phi) is 4.48. The van der Waals surface area contributed by atoms with Gasteiger partial charge in [-0.05, 0) is 62.1 Å². The van der Waals surface area contributed by atoms with Crippen LogP contribution in [0.15, 0.2) is 35.9 Å². The third kappa shape index (κ3) is 2.93. The molecule has 3 saturated heterocycles. The van der Waals surface area contributed by atoms with E-state index < -0.39 is 0 Å². The largest absolute Gasteiger partial charge is 0.334 e. The molecule has 0 N–H and O–H groups in total. The van der Waals surface area contributed by atoms with Crippen LogP contribution in [-0.2, 0) is 11.3 Å². The summed E-state index contributed by atoms with van der Waals surface area (Å²) in [6, 6.07) is 8.73. The number of piperidine rings is 3. The molecule has 1 aromatic carbocycles. The normalized spacial score (nSPS) is 32.9. The highest BCUT2D eigenvalue weighted by molar-refractivity contribution is 6.00. The number of likely N-dealkylation sites (tertiary alicyclic amines) is 1. The number of amides is 2. The number of hydrogen-bond donors (Lipinski definition) is 0. The van der Waals surface area contributed by atoms with Crippen molar-refractivity contribution in [2.45, 2.75) is 57.2 Å². The van der Waals surface area contributed by atoms with Gasteiger partial charge in [0, 0.05) is 31.2 Å². The third-order valence-corrected chi connectivity index (χ3v) is 8.20. The van der Waals surface area contributed by atoms with E-state index in [1.165, 1.54) is 37.8 Å². The number of nitrogens with zero attached hydrogens (tertiary/aromatic N) is 3. The molecule has 30 heavy (non-hydrogen) atoms. The molecular formula is C25H31N3O2. The lowest BCUT2D eigenvalue weighted by Crippen LogP contribution is -2.60. The smallest absolute Gasteiger partial charge is 0.254 e. The van der Waals surface area contributed by atoms with Gasteiger partial charge in [-0.1, -0.05) is 36.3 Å². The van der Waals surface area contributed by atoms with E-state index in [9.17, 15) is 9.59 Å². The maximum absolute atomic E-state index is 13.4. The number of hydrogen-bond acceptors (Lipinski definition) is 3. The van der Waals surface area contributed by atoms with E-state index in [4.69, 9.17) is 0 Å². The molecule has 6 rings (SSSR count). The van der Waals surface area contributed by atoms with Crippen LogP contribution < -0.4 is 0 Å². The van der Waals surface area contributed by atoms with Gasteiger partial charge in [0.1, 0.15) is 6.54 Å². The molecule has 4 aliphatic heterocycles. The van der Waals surface area contributed by atoms with Gasteiger partial charge >= 0.3 is 0 Å². The summed E-state index contributed by atoms with van der Waals surface area (Å²) in [5.74, 6) is 1.37. The van der Waals surface area contributed by atoms with Crippen LogP contribution >= 0.6 is 0 Å². The predicted octanol–water partition coefficient (Wildman–Crippen LogP) is 3.06. The summed E-state index contributed by atoms with van der Waals surface area (Å²) in [5.41, 5.74) is 3.31. The fourth-order valence-corrected chi connectivity index (χ4v) is 6.95. The molecule has 3 fully saturated rings. The van der Waals surface area contributed by atoms with Crippen molar-refractivity contribution in [3.05, 3.63) is 47.0 Å². The Bertz CT molecular complexity index is 909. The fraction of sp³-hybridized carbons (Fsp3) is 0.600. The number of carbonyl (C=O) groups excluding carboxylic acids is 2. The number of fused-ring (bicyclic) bond motifs is 7. The molecule has 5 heteroatoms. The molecule has 2 bridgehead atoms. The molecular weight excluding hydrogens is 374 g/mol. The van der Waals surface area contributed by atoms with Crippen LogP contribution in [0.3, 0.4) is 0 Å². The molecule has 0 saturated carbocycles. The quantitative estimate of drug-likeness (QED) is 0.711. The average Bonchev–Trinajstić information content (AvgIpc) is 3.09. The maximum Gasteiger partial charge on any atom is 0.254 e. The molecule has 0 unspecified atom stereocenters. The van der Waals surface area contributed by atoms with Crippen LogP contribution in [0, 0.1) is 11.8 Å². The lowest BCUT2D eigenvalue weighted by molar-refractivity contribution is -0.137. The highest BCUT2D eigenvalue weighted by Crippen LogP contribution is 2.45. The molecule has 4 heterocycles. The summed E-state index contributed by atoms with van der Waals surface area (Å²) in [6.45, 7) is 3.96. The second-order valence-corrected chi connectivity index (χ2v) is 9.91. The van der Waals surface area contributed by atoms with E-state index in [0.29, 0.717) is 18.4 Å². The number of rotatable bonds is 2. The Morgan fingerprint density at radius 1 is 1.10 bits per heavy atom. The number of benzene rings is 1. The third-order valence-electron chi connectivity index (χ3n) is 8.20.